The first-order valence-electron chi connectivity index (χ1n) is 5.06. The summed E-state index contributed by atoms with van der Waals surface area (Å²) in [4.78, 5) is 15.8. The van der Waals surface area contributed by atoms with Gasteiger partial charge in [-0.05, 0) is 31.2 Å². The summed E-state index contributed by atoms with van der Waals surface area (Å²) in [6.07, 6.45) is 1.56. The Balaban J connectivity index is 2.28. The predicted molar refractivity (Wildman–Crippen MR) is 64.8 cm³/mol. The Morgan fingerprint density at radius 3 is 2.76 bits per heavy atom. The van der Waals surface area contributed by atoms with Gasteiger partial charge in [0.15, 0.2) is 5.78 Å². The number of nitrogens with zero attached hydrogens (tertiary/aromatic N) is 1. The van der Waals surface area contributed by atoms with Crippen LogP contribution in [0.3, 0.4) is 0 Å². The van der Waals surface area contributed by atoms with E-state index in [4.69, 9.17) is 0 Å². The molecular formula is C13H10FNOS. The van der Waals surface area contributed by atoms with E-state index in [0.717, 1.165) is 0 Å². The Labute approximate surface area is 103 Å². The van der Waals surface area contributed by atoms with Gasteiger partial charge in [-0.3, -0.25) is 4.79 Å². The summed E-state index contributed by atoms with van der Waals surface area (Å²) in [6.45, 7) is 1.49. The highest BCUT2D eigenvalue weighted by Crippen LogP contribution is 2.28. The minimum Gasteiger partial charge on any atom is -0.295 e. The van der Waals surface area contributed by atoms with Gasteiger partial charge in [-0.1, -0.05) is 23.9 Å². The smallest absolute Gasteiger partial charge is 0.159 e. The number of carbonyl (C=O) groups is 1. The van der Waals surface area contributed by atoms with Gasteiger partial charge in [-0.2, -0.15) is 0 Å². The fraction of sp³-hybridized carbons (Fsp3) is 0.0769. The van der Waals surface area contributed by atoms with Gasteiger partial charge in [0.1, 0.15) is 10.8 Å². The summed E-state index contributed by atoms with van der Waals surface area (Å²) in [5, 5.41) is 0.614. The molecule has 0 fully saturated rings. The largest absolute Gasteiger partial charge is 0.295 e. The number of hydrogen-bond donors (Lipinski definition) is 0. The molecule has 0 amide bonds. The minimum absolute atomic E-state index is 0.0252. The third-order valence-electron chi connectivity index (χ3n) is 2.19. The van der Waals surface area contributed by atoms with E-state index in [1.54, 1.807) is 36.5 Å². The number of halogens is 1. The number of pyridine rings is 1. The Kier molecular flexibility index (Phi) is 3.54. The molecule has 0 spiro atoms. The number of hydrogen-bond acceptors (Lipinski definition) is 3. The Bertz CT molecular complexity index is 557. The number of rotatable bonds is 3. The molecular weight excluding hydrogens is 237 g/mol. The quantitative estimate of drug-likeness (QED) is 0.776. The van der Waals surface area contributed by atoms with Crippen LogP contribution in [0, 0.1) is 5.82 Å². The van der Waals surface area contributed by atoms with Gasteiger partial charge in [0.2, 0.25) is 0 Å². The zero-order chi connectivity index (χ0) is 12.3. The number of carbonyl (C=O) groups excluding carboxylic acids is 1. The maximum absolute atomic E-state index is 13.4. The van der Waals surface area contributed by atoms with Crippen LogP contribution in [0.2, 0.25) is 0 Å². The highest BCUT2D eigenvalue weighted by molar-refractivity contribution is 7.99. The van der Waals surface area contributed by atoms with Gasteiger partial charge in [-0.15, -0.1) is 0 Å². The van der Waals surface area contributed by atoms with Crippen molar-refractivity contribution in [2.75, 3.05) is 0 Å². The molecule has 0 bridgehead atoms. The minimum atomic E-state index is -0.285. The number of Topliss-reactive ketones (excluding diaryl/α,β-unsaturated/α-hetero) is 1. The highest BCUT2D eigenvalue weighted by Gasteiger charge is 2.06. The second-order valence-corrected chi connectivity index (χ2v) is 4.53. The second kappa shape index (κ2) is 5.10. The average Bonchev–Trinajstić information content (AvgIpc) is 2.32. The summed E-state index contributed by atoms with van der Waals surface area (Å²) in [7, 11) is 0. The molecule has 0 N–H and O–H groups in total. The summed E-state index contributed by atoms with van der Waals surface area (Å²) in [6, 6.07) is 9.80. The normalized spacial score (nSPS) is 10.2. The van der Waals surface area contributed by atoms with Gasteiger partial charge in [-0.25, -0.2) is 9.37 Å². The van der Waals surface area contributed by atoms with E-state index in [0.29, 0.717) is 15.5 Å². The molecule has 0 saturated heterocycles. The highest BCUT2D eigenvalue weighted by atomic mass is 32.2. The molecule has 0 radical (unpaired) electrons. The van der Waals surface area contributed by atoms with Crippen LogP contribution in [0.25, 0.3) is 0 Å². The van der Waals surface area contributed by atoms with Gasteiger partial charge in [0.05, 0.1) is 0 Å². The van der Waals surface area contributed by atoms with Crippen LogP contribution in [0.4, 0.5) is 4.39 Å². The van der Waals surface area contributed by atoms with Crippen LogP contribution < -0.4 is 0 Å². The summed E-state index contributed by atoms with van der Waals surface area (Å²) < 4.78 is 13.4. The SMILES string of the molecule is CC(=O)c1ccnc(Sc2ccccc2F)c1. The standard InChI is InChI=1S/C13H10FNOS/c1-9(16)10-6-7-15-13(8-10)17-12-5-3-2-4-11(12)14/h2-8H,1H3. The molecule has 86 valence electrons. The van der Waals surface area contributed by atoms with E-state index in [9.17, 15) is 9.18 Å². The lowest BCUT2D eigenvalue weighted by molar-refractivity contribution is 0.101. The fourth-order valence-electron chi connectivity index (χ4n) is 1.32. The van der Waals surface area contributed by atoms with E-state index >= 15 is 0 Å². The molecule has 1 heterocycles. The number of aromatic nitrogens is 1. The van der Waals surface area contributed by atoms with Crippen LogP contribution >= 0.6 is 11.8 Å². The van der Waals surface area contributed by atoms with E-state index < -0.39 is 0 Å². The summed E-state index contributed by atoms with van der Waals surface area (Å²) in [5.41, 5.74) is 0.582. The van der Waals surface area contributed by atoms with Crippen molar-refractivity contribution < 1.29 is 9.18 Å². The third-order valence-corrected chi connectivity index (χ3v) is 3.18. The zero-order valence-electron chi connectivity index (χ0n) is 9.18. The van der Waals surface area contributed by atoms with E-state index in [2.05, 4.69) is 4.98 Å². The van der Waals surface area contributed by atoms with Crippen molar-refractivity contribution in [3.05, 3.63) is 54.0 Å². The lowest BCUT2D eigenvalue weighted by atomic mass is 10.2. The van der Waals surface area contributed by atoms with Crippen LogP contribution in [0.15, 0.2) is 52.5 Å². The predicted octanol–water partition coefficient (Wildman–Crippen LogP) is 3.57. The average molecular weight is 247 g/mol. The monoisotopic (exact) mass is 247 g/mol. The summed E-state index contributed by atoms with van der Waals surface area (Å²) >= 11 is 1.21. The zero-order valence-corrected chi connectivity index (χ0v) is 10.00. The molecule has 4 heteroatoms. The Morgan fingerprint density at radius 1 is 1.29 bits per heavy atom. The van der Waals surface area contributed by atoms with Crippen molar-refractivity contribution >= 4 is 17.5 Å². The Hall–Kier alpha value is -1.68. The Morgan fingerprint density at radius 2 is 2.06 bits per heavy atom. The van der Waals surface area contributed by atoms with Gasteiger partial charge < -0.3 is 0 Å². The van der Waals surface area contributed by atoms with Crippen LogP contribution in [-0.2, 0) is 0 Å². The molecule has 0 aliphatic rings. The van der Waals surface area contributed by atoms with Crippen molar-refractivity contribution in [2.45, 2.75) is 16.8 Å². The second-order valence-electron chi connectivity index (χ2n) is 3.47. The van der Waals surface area contributed by atoms with E-state index in [-0.39, 0.29) is 11.6 Å². The first-order valence-corrected chi connectivity index (χ1v) is 5.88. The number of ketones is 1. The van der Waals surface area contributed by atoms with Crippen molar-refractivity contribution in [1.29, 1.82) is 0 Å². The summed E-state index contributed by atoms with van der Waals surface area (Å²) in [5.74, 6) is -0.310. The van der Waals surface area contributed by atoms with Crippen LogP contribution in [-0.4, -0.2) is 10.8 Å². The lowest BCUT2D eigenvalue weighted by Gasteiger charge is -2.03. The van der Waals surface area contributed by atoms with Crippen molar-refractivity contribution in [1.82, 2.24) is 4.98 Å². The topological polar surface area (TPSA) is 30.0 Å². The van der Waals surface area contributed by atoms with Crippen molar-refractivity contribution in [3.63, 3.8) is 0 Å². The molecule has 17 heavy (non-hydrogen) atoms. The molecule has 0 saturated carbocycles. The van der Waals surface area contributed by atoms with Crippen molar-refractivity contribution in [2.24, 2.45) is 0 Å². The lowest BCUT2D eigenvalue weighted by Crippen LogP contribution is -1.93. The molecule has 0 atom stereocenters. The molecule has 0 aliphatic heterocycles. The van der Waals surface area contributed by atoms with Gasteiger partial charge in [0, 0.05) is 16.7 Å². The maximum atomic E-state index is 13.4. The molecule has 0 aliphatic carbocycles. The molecule has 1 aromatic heterocycles. The fourth-order valence-corrected chi connectivity index (χ4v) is 2.16. The van der Waals surface area contributed by atoms with Crippen molar-refractivity contribution in [3.8, 4) is 0 Å². The van der Waals surface area contributed by atoms with Crippen LogP contribution in [0.5, 0.6) is 0 Å². The van der Waals surface area contributed by atoms with E-state index in [1.807, 2.05) is 0 Å². The molecule has 2 aromatic rings. The molecule has 2 rings (SSSR count). The maximum Gasteiger partial charge on any atom is 0.159 e. The molecule has 0 unspecified atom stereocenters. The molecule has 1 aromatic carbocycles. The third kappa shape index (κ3) is 2.91. The van der Waals surface area contributed by atoms with Gasteiger partial charge in [0.25, 0.3) is 0 Å². The first kappa shape index (κ1) is 11.8. The van der Waals surface area contributed by atoms with E-state index in [1.165, 1.54) is 24.8 Å². The number of benzene rings is 1. The first-order chi connectivity index (χ1) is 8.16. The van der Waals surface area contributed by atoms with Gasteiger partial charge >= 0.3 is 0 Å². The molecule has 2 nitrogen and oxygen atoms in total. The van der Waals surface area contributed by atoms with Crippen LogP contribution in [0.1, 0.15) is 17.3 Å².